The second-order valence-electron chi connectivity index (χ2n) is 12.4. The number of hydrogen-bond acceptors (Lipinski definition) is 6. The molecule has 7 nitrogen and oxygen atoms in total. The Kier molecular flexibility index (Phi) is 6.20. The maximum atomic E-state index is 13.5. The zero-order valence-electron chi connectivity index (χ0n) is 22.3. The first kappa shape index (κ1) is 25.1. The number of furan rings is 1. The van der Waals surface area contributed by atoms with Crippen molar-refractivity contribution < 1.29 is 14.3 Å². The van der Waals surface area contributed by atoms with Gasteiger partial charge in [0.05, 0.1) is 23.9 Å². The first-order valence-electron chi connectivity index (χ1n) is 14.3. The van der Waals surface area contributed by atoms with Crippen molar-refractivity contribution >= 4 is 23.3 Å². The summed E-state index contributed by atoms with van der Waals surface area (Å²) < 4.78 is 5.93. The summed E-state index contributed by atoms with van der Waals surface area (Å²) in [4.78, 5) is 24.4. The average molecular weight is 547 g/mol. The predicted octanol–water partition coefficient (Wildman–Crippen LogP) is 5.89. The molecule has 204 valence electrons. The predicted molar refractivity (Wildman–Crippen MR) is 149 cm³/mol. The second kappa shape index (κ2) is 9.63. The molecule has 1 unspecified atom stereocenters. The molecular weight excluding hydrogens is 512 g/mol. The molecule has 2 aromatic heterocycles. The summed E-state index contributed by atoms with van der Waals surface area (Å²) in [6, 6.07) is 9.21. The van der Waals surface area contributed by atoms with Crippen molar-refractivity contribution in [1.29, 1.82) is 0 Å². The van der Waals surface area contributed by atoms with Crippen molar-refractivity contribution in [3.05, 3.63) is 64.3 Å². The van der Waals surface area contributed by atoms with Crippen LogP contribution >= 0.6 is 11.6 Å². The Bertz CT molecular complexity index is 1370. The lowest BCUT2D eigenvalue weighted by atomic mass is 9.48. The Hall–Kier alpha value is -2.90. The van der Waals surface area contributed by atoms with Crippen molar-refractivity contribution in [2.75, 3.05) is 18.4 Å². The van der Waals surface area contributed by atoms with Crippen LogP contribution in [0.15, 0.2) is 41.1 Å². The van der Waals surface area contributed by atoms with Crippen molar-refractivity contribution in [1.82, 2.24) is 14.9 Å². The van der Waals surface area contributed by atoms with Crippen LogP contribution in [0.25, 0.3) is 11.3 Å². The number of halogens is 1. The molecule has 1 aliphatic heterocycles. The highest BCUT2D eigenvalue weighted by Gasteiger charge is 2.53. The summed E-state index contributed by atoms with van der Waals surface area (Å²) >= 11 is 6.02. The van der Waals surface area contributed by atoms with Gasteiger partial charge in [-0.1, -0.05) is 11.6 Å². The quantitative estimate of drug-likeness (QED) is 0.401. The van der Waals surface area contributed by atoms with Crippen LogP contribution in [0, 0.1) is 30.1 Å². The topological polar surface area (TPSA) is 91.5 Å². The van der Waals surface area contributed by atoms with Crippen molar-refractivity contribution in [3.63, 3.8) is 0 Å². The summed E-state index contributed by atoms with van der Waals surface area (Å²) in [5.74, 6) is 4.40. The van der Waals surface area contributed by atoms with Crippen LogP contribution in [0.1, 0.15) is 65.9 Å². The van der Waals surface area contributed by atoms with Crippen LogP contribution in [-0.2, 0) is 13.0 Å². The molecule has 0 saturated heterocycles. The number of anilines is 1. The number of carbonyl (C=O) groups is 1. The van der Waals surface area contributed by atoms with Gasteiger partial charge in [0.1, 0.15) is 23.7 Å². The van der Waals surface area contributed by atoms with E-state index in [4.69, 9.17) is 16.0 Å². The minimum Gasteiger partial charge on any atom is -0.461 e. The summed E-state index contributed by atoms with van der Waals surface area (Å²) in [5.41, 5.74) is 3.42. The number of carbonyl (C=O) groups excluding carboxylic acids is 1. The van der Waals surface area contributed by atoms with Gasteiger partial charge in [0.15, 0.2) is 0 Å². The van der Waals surface area contributed by atoms with E-state index in [9.17, 15) is 9.90 Å². The number of fused-ring (bicyclic) bond motifs is 1. The Labute approximate surface area is 234 Å². The van der Waals surface area contributed by atoms with Gasteiger partial charge in [0.25, 0.3) is 5.91 Å². The molecule has 4 saturated carbocycles. The Balaban J connectivity index is 1.03. The minimum absolute atomic E-state index is 0.0625. The largest absolute Gasteiger partial charge is 0.461 e. The van der Waals surface area contributed by atoms with Gasteiger partial charge in [-0.15, -0.1) is 0 Å². The van der Waals surface area contributed by atoms with Gasteiger partial charge < -0.3 is 19.7 Å². The zero-order valence-corrected chi connectivity index (χ0v) is 23.1. The van der Waals surface area contributed by atoms with E-state index < -0.39 is 0 Å². The summed E-state index contributed by atoms with van der Waals surface area (Å²) in [5, 5.41) is 15.5. The summed E-state index contributed by atoms with van der Waals surface area (Å²) in [6.45, 7) is 3.33. The first-order valence-corrected chi connectivity index (χ1v) is 14.6. The number of nitrogens with zero attached hydrogens (tertiary/aromatic N) is 3. The molecule has 4 bridgehead atoms. The standard InChI is InChI=1S/C31H35ClN4O3/c1-18-25(11-27(39-18)22-2-4-23(32)5-3-22)30(38)36-7-6-24-26(16-36)34-17-35-29(24)33-15-28(37)31-12-19-8-20(13-31)10-21(9-19)14-31/h2-5,11,17,19-21,28,37H,6-10,12-16H2,1H3,(H,33,34,35). The van der Waals surface area contributed by atoms with Gasteiger partial charge in [-0.25, -0.2) is 9.97 Å². The number of aliphatic hydroxyl groups is 1. The van der Waals surface area contributed by atoms with Crippen LogP contribution in [0.2, 0.25) is 5.02 Å². The Morgan fingerprint density at radius 3 is 2.54 bits per heavy atom. The van der Waals surface area contributed by atoms with E-state index in [0.29, 0.717) is 48.2 Å². The Morgan fingerprint density at radius 2 is 1.85 bits per heavy atom. The molecule has 8 rings (SSSR count). The van der Waals surface area contributed by atoms with Gasteiger partial charge in [0, 0.05) is 29.2 Å². The highest BCUT2D eigenvalue weighted by Crippen LogP contribution is 2.61. The smallest absolute Gasteiger partial charge is 0.257 e. The van der Waals surface area contributed by atoms with Crippen LogP contribution in [0.3, 0.4) is 0 Å². The zero-order chi connectivity index (χ0) is 26.7. The molecule has 1 aromatic carbocycles. The van der Waals surface area contributed by atoms with E-state index in [2.05, 4.69) is 15.3 Å². The number of hydrogen-bond donors (Lipinski definition) is 2. The van der Waals surface area contributed by atoms with Gasteiger partial charge in [-0.3, -0.25) is 4.79 Å². The van der Waals surface area contributed by atoms with Crippen molar-refractivity contribution in [3.8, 4) is 11.3 Å². The molecule has 8 heteroatoms. The summed E-state index contributed by atoms with van der Waals surface area (Å²) in [7, 11) is 0. The third kappa shape index (κ3) is 4.53. The molecule has 4 fully saturated rings. The summed E-state index contributed by atoms with van der Waals surface area (Å²) in [6.07, 6.45) is 9.50. The van der Waals surface area contributed by atoms with Crippen LogP contribution < -0.4 is 5.32 Å². The molecule has 5 aliphatic rings. The van der Waals surface area contributed by atoms with E-state index in [1.807, 2.05) is 42.2 Å². The molecule has 1 atom stereocenters. The first-order chi connectivity index (χ1) is 18.9. The lowest BCUT2D eigenvalue weighted by molar-refractivity contribution is -0.115. The fourth-order valence-electron chi connectivity index (χ4n) is 8.30. The molecular formula is C31H35ClN4O3. The number of amides is 1. The SMILES string of the molecule is Cc1oc(-c2ccc(Cl)cc2)cc1C(=O)N1CCc2c(ncnc2NCC(O)C23CC4CC(CC(C4)C2)C3)C1. The van der Waals surface area contributed by atoms with Crippen LogP contribution in [0.4, 0.5) is 5.82 Å². The fraction of sp³-hybridized carbons (Fsp3) is 0.516. The molecule has 0 spiro atoms. The lowest BCUT2D eigenvalue weighted by Gasteiger charge is -2.58. The Morgan fingerprint density at radius 1 is 1.15 bits per heavy atom. The number of rotatable bonds is 6. The van der Waals surface area contributed by atoms with Crippen molar-refractivity contribution in [2.24, 2.45) is 23.2 Å². The number of aliphatic hydroxyl groups excluding tert-OH is 1. The van der Waals surface area contributed by atoms with E-state index in [0.717, 1.165) is 40.4 Å². The molecule has 2 N–H and O–H groups in total. The number of benzene rings is 1. The molecule has 4 aliphatic carbocycles. The van der Waals surface area contributed by atoms with E-state index in [1.54, 1.807) is 6.33 Å². The highest BCUT2D eigenvalue weighted by molar-refractivity contribution is 6.30. The second-order valence-corrected chi connectivity index (χ2v) is 12.8. The molecule has 3 aromatic rings. The van der Waals surface area contributed by atoms with Gasteiger partial charge in [0.2, 0.25) is 0 Å². The molecule has 3 heterocycles. The van der Waals surface area contributed by atoms with E-state index in [1.165, 1.54) is 38.5 Å². The molecule has 39 heavy (non-hydrogen) atoms. The number of aryl methyl sites for hydroxylation is 1. The maximum absolute atomic E-state index is 13.5. The van der Waals surface area contributed by atoms with Crippen LogP contribution in [-0.4, -0.2) is 45.1 Å². The third-order valence-electron chi connectivity index (χ3n) is 9.83. The van der Waals surface area contributed by atoms with E-state index in [-0.39, 0.29) is 17.4 Å². The maximum Gasteiger partial charge on any atom is 0.257 e. The molecule has 0 radical (unpaired) electrons. The van der Waals surface area contributed by atoms with Crippen molar-refractivity contribution in [2.45, 2.75) is 64.5 Å². The fourth-order valence-corrected chi connectivity index (χ4v) is 8.42. The molecule has 1 amide bonds. The third-order valence-corrected chi connectivity index (χ3v) is 10.1. The highest BCUT2D eigenvalue weighted by atomic mass is 35.5. The van der Waals surface area contributed by atoms with Gasteiger partial charge >= 0.3 is 0 Å². The van der Waals surface area contributed by atoms with Gasteiger partial charge in [-0.05, 0) is 105 Å². The minimum atomic E-state index is -0.364. The monoisotopic (exact) mass is 546 g/mol. The normalized spacial score (nSPS) is 27.9. The van der Waals surface area contributed by atoms with Crippen LogP contribution in [0.5, 0.6) is 0 Å². The average Bonchev–Trinajstić information content (AvgIpc) is 3.32. The lowest BCUT2D eigenvalue weighted by Crippen LogP contribution is -2.53. The number of nitrogens with one attached hydrogen (secondary N) is 1. The van der Waals surface area contributed by atoms with Gasteiger partial charge in [-0.2, -0.15) is 0 Å². The van der Waals surface area contributed by atoms with E-state index >= 15 is 0 Å². The number of aromatic nitrogens is 2.